The first-order valence-electron chi connectivity index (χ1n) is 4.03. The molecule has 0 atom stereocenters. The number of phosphoric acid groups is 1. The Balaban J connectivity index is 3.45. The van der Waals surface area contributed by atoms with E-state index in [0.29, 0.717) is 6.61 Å². The zero-order valence-corrected chi connectivity index (χ0v) is 11.4. The highest BCUT2D eigenvalue weighted by Crippen LogP contribution is 2.53. The minimum Gasteiger partial charge on any atom is -0.286 e. The van der Waals surface area contributed by atoms with Gasteiger partial charge in [0.15, 0.2) is 0 Å². The summed E-state index contributed by atoms with van der Waals surface area (Å²) in [6.07, 6.45) is 4.21. The van der Waals surface area contributed by atoms with Crippen LogP contribution in [0.2, 0.25) is 0 Å². The highest BCUT2D eigenvalue weighted by Gasteiger charge is 2.24. The lowest BCUT2D eigenvalue weighted by Crippen LogP contribution is -1.93. The van der Waals surface area contributed by atoms with Crippen LogP contribution in [-0.4, -0.2) is 6.61 Å². The normalized spacial score (nSPS) is 11.9. The van der Waals surface area contributed by atoms with Gasteiger partial charge in [0, 0.05) is 0 Å². The number of halogens is 2. The van der Waals surface area contributed by atoms with E-state index in [-0.39, 0.29) is 0 Å². The Bertz CT molecular complexity index is 159. The fourth-order valence-corrected chi connectivity index (χ4v) is 2.54. The van der Waals surface area contributed by atoms with Crippen molar-refractivity contribution in [3.8, 4) is 0 Å². The van der Waals surface area contributed by atoms with Crippen molar-refractivity contribution in [2.45, 2.75) is 32.6 Å². The average molecular weight is 340 g/mol. The molecule has 0 amide bonds. The lowest BCUT2D eigenvalue weighted by molar-refractivity contribution is 0.228. The van der Waals surface area contributed by atoms with E-state index in [0.717, 1.165) is 25.7 Å². The van der Waals surface area contributed by atoms with Crippen LogP contribution in [0.1, 0.15) is 32.6 Å². The van der Waals surface area contributed by atoms with E-state index in [1.165, 1.54) is 0 Å². The van der Waals surface area contributed by atoms with E-state index in [1.54, 1.807) is 0 Å². The molecular formula is C6H13Br2O4P. The van der Waals surface area contributed by atoms with Gasteiger partial charge in [-0.3, -0.25) is 4.52 Å². The number of hydrogen-bond acceptors (Lipinski definition) is 4. The number of hydrogen-bond donors (Lipinski definition) is 0. The fraction of sp³-hybridized carbons (Fsp3) is 1.00. The third-order valence-electron chi connectivity index (χ3n) is 1.42. The second-order valence-corrected chi connectivity index (χ2v) is 5.65. The quantitative estimate of drug-likeness (QED) is 0.487. The molecule has 0 bridgehead atoms. The Labute approximate surface area is 95.8 Å². The second-order valence-electron chi connectivity index (χ2n) is 2.48. The van der Waals surface area contributed by atoms with Crippen LogP contribution in [0, 0.1) is 0 Å². The molecule has 0 aromatic carbocycles. The van der Waals surface area contributed by atoms with Gasteiger partial charge < -0.3 is 0 Å². The van der Waals surface area contributed by atoms with Gasteiger partial charge in [0.1, 0.15) is 32.5 Å². The summed E-state index contributed by atoms with van der Waals surface area (Å²) in [4.78, 5) is 0. The molecule has 0 aliphatic heterocycles. The van der Waals surface area contributed by atoms with Crippen molar-refractivity contribution in [1.82, 2.24) is 0 Å². The summed E-state index contributed by atoms with van der Waals surface area (Å²) < 4.78 is 24.9. The van der Waals surface area contributed by atoms with Crippen molar-refractivity contribution in [2.24, 2.45) is 0 Å². The Morgan fingerprint density at radius 1 is 1.15 bits per heavy atom. The Kier molecular flexibility index (Phi) is 9.07. The summed E-state index contributed by atoms with van der Waals surface area (Å²) in [6, 6.07) is 0. The van der Waals surface area contributed by atoms with Crippen molar-refractivity contribution >= 4 is 40.3 Å². The van der Waals surface area contributed by atoms with Crippen LogP contribution in [0.5, 0.6) is 0 Å². The number of unbranched alkanes of at least 4 members (excludes halogenated alkanes) is 3. The van der Waals surface area contributed by atoms with Gasteiger partial charge in [0.2, 0.25) is 0 Å². The van der Waals surface area contributed by atoms with Gasteiger partial charge in [0.05, 0.1) is 6.61 Å². The fourth-order valence-electron chi connectivity index (χ4n) is 0.756. The van der Waals surface area contributed by atoms with Gasteiger partial charge in [-0.2, -0.15) is 0 Å². The van der Waals surface area contributed by atoms with Crippen LogP contribution in [-0.2, 0) is 16.3 Å². The molecule has 0 N–H and O–H groups in total. The average Bonchev–Trinajstić information content (AvgIpc) is 2.17. The van der Waals surface area contributed by atoms with E-state index in [9.17, 15) is 4.57 Å². The molecule has 4 nitrogen and oxygen atoms in total. The van der Waals surface area contributed by atoms with Gasteiger partial charge in [0.25, 0.3) is 0 Å². The molecule has 80 valence electrons. The smallest absolute Gasteiger partial charge is 0.286 e. The molecule has 0 aliphatic carbocycles. The third-order valence-corrected chi connectivity index (χ3v) is 4.38. The molecule has 7 heteroatoms. The van der Waals surface area contributed by atoms with Crippen molar-refractivity contribution in [3.05, 3.63) is 0 Å². The summed E-state index contributed by atoms with van der Waals surface area (Å²) >= 11 is 5.14. The zero-order valence-electron chi connectivity index (χ0n) is 7.37. The molecule has 0 unspecified atom stereocenters. The number of rotatable bonds is 8. The first kappa shape index (κ1) is 14.1. The van der Waals surface area contributed by atoms with Gasteiger partial charge >= 0.3 is 7.82 Å². The summed E-state index contributed by atoms with van der Waals surface area (Å²) in [5.74, 6) is 0. The van der Waals surface area contributed by atoms with Crippen LogP contribution in [0.4, 0.5) is 0 Å². The summed E-state index contributed by atoms with van der Waals surface area (Å²) in [5.41, 5.74) is 0. The maximum atomic E-state index is 11.2. The lowest BCUT2D eigenvalue weighted by Gasteiger charge is -2.09. The van der Waals surface area contributed by atoms with E-state index in [1.807, 2.05) is 0 Å². The minimum atomic E-state index is -3.40. The molecule has 0 saturated carbocycles. The summed E-state index contributed by atoms with van der Waals surface area (Å²) in [7, 11) is -3.40. The predicted molar refractivity (Wildman–Crippen MR) is 57.7 cm³/mol. The molecular weight excluding hydrogens is 327 g/mol. The molecule has 0 rings (SSSR count). The standard InChI is InChI=1S/C6H13Br2O4P/c1-2-3-4-5-6-10-13(9,11-7)12-8/h2-6H2,1H3. The van der Waals surface area contributed by atoms with Gasteiger partial charge in [-0.15, -0.1) is 0 Å². The topological polar surface area (TPSA) is 44.8 Å². The Hall–Kier alpha value is 1.07. The highest BCUT2D eigenvalue weighted by molar-refractivity contribution is 9.07. The largest absolute Gasteiger partial charge is 0.497 e. The summed E-state index contributed by atoms with van der Waals surface area (Å²) in [5, 5.41) is 0. The Morgan fingerprint density at radius 2 is 1.77 bits per heavy atom. The van der Waals surface area contributed by atoms with E-state index in [4.69, 9.17) is 4.52 Å². The van der Waals surface area contributed by atoms with Crippen molar-refractivity contribution in [1.29, 1.82) is 0 Å². The third kappa shape index (κ3) is 7.05. The molecule has 0 radical (unpaired) electrons. The predicted octanol–water partition coefficient (Wildman–Crippen LogP) is 4.34. The first-order valence-corrected chi connectivity index (χ1v) is 6.79. The molecule has 0 aliphatic rings. The van der Waals surface area contributed by atoms with Crippen LogP contribution in [0.25, 0.3) is 0 Å². The van der Waals surface area contributed by atoms with E-state index < -0.39 is 7.82 Å². The van der Waals surface area contributed by atoms with Crippen molar-refractivity contribution < 1.29 is 16.3 Å². The van der Waals surface area contributed by atoms with Gasteiger partial charge in [-0.25, -0.2) is 11.8 Å². The maximum absolute atomic E-state index is 11.2. The molecule has 0 heterocycles. The molecule has 0 aromatic heterocycles. The second kappa shape index (κ2) is 8.38. The molecule has 13 heavy (non-hydrogen) atoms. The summed E-state index contributed by atoms with van der Waals surface area (Å²) in [6.45, 7) is 2.49. The Morgan fingerprint density at radius 3 is 2.23 bits per heavy atom. The van der Waals surface area contributed by atoms with Crippen molar-refractivity contribution in [3.63, 3.8) is 0 Å². The van der Waals surface area contributed by atoms with Gasteiger partial charge in [-0.1, -0.05) is 26.2 Å². The lowest BCUT2D eigenvalue weighted by atomic mass is 10.2. The van der Waals surface area contributed by atoms with E-state index >= 15 is 0 Å². The first-order chi connectivity index (χ1) is 6.18. The van der Waals surface area contributed by atoms with Gasteiger partial charge in [-0.05, 0) is 6.42 Å². The molecule has 0 spiro atoms. The molecule has 0 fully saturated rings. The highest BCUT2D eigenvalue weighted by atomic mass is 79.9. The van der Waals surface area contributed by atoms with Crippen LogP contribution < -0.4 is 0 Å². The van der Waals surface area contributed by atoms with Crippen LogP contribution >= 0.6 is 40.3 Å². The molecule has 0 aromatic rings. The maximum Gasteiger partial charge on any atom is 0.497 e. The van der Waals surface area contributed by atoms with Crippen LogP contribution in [0.3, 0.4) is 0 Å². The minimum absolute atomic E-state index is 0.370. The van der Waals surface area contributed by atoms with Crippen LogP contribution in [0.15, 0.2) is 0 Å². The van der Waals surface area contributed by atoms with Crippen molar-refractivity contribution in [2.75, 3.05) is 6.61 Å². The SMILES string of the molecule is CCCCCCOP(=O)(OBr)OBr. The monoisotopic (exact) mass is 338 g/mol. The van der Waals surface area contributed by atoms with E-state index in [2.05, 4.69) is 46.7 Å². The zero-order chi connectivity index (χ0) is 10.2. The molecule has 0 saturated heterocycles.